The summed E-state index contributed by atoms with van der Waals surface area (Å²) in [5.74, 6) is 0.948. The quantitative estimate of drug-likeness (QED) is 0.719. The van der Waals surface area contributed by atoms with E-state index in [1.165, 1.54) is 32.1 Å². The van der Waals surface area contributed by atoms with Crippen LogP contribution in [0.2, 0.25) is 0 Å². The lowest BCUT2D eigenvalue weighted by Crippen LogP contribution is -2.44. The topological polar surface area (TPSA) is 21.3 Å². The summed E-state index contributed by atoms with van der Waals surface area (Å²) >= 11 is 0. The van der Waals surface area contributed by atoms with Crippen LogP contribution in [0.15, 0.2) is 0 Å². The highest BCUT2D eigenvalue weighted by Crippen LogP contribution is 2.65. The van der Waals surface area contributed by atoms with Crippen molar-refractivity contribution in [3.8, 4) is 0 Å². The Morgan fingerprint density at radius 1 is 1.24 bits per heavy atom. The molecule has 2 nitrogen and oxygen atoms in total. The lowest BCUT2D eigenvalue weighted by molar-refractivity contribution is 0.120. The number of unbranched alkanes of at least 4 members (excludes halogenated alkanes) is 1. The van der Waals surface area contributed by atoms with Gasteiger partial charge >= 0.3 is 0 Å². The van der Waals surface area contributed by atoms with Gasteiger partial charge < -0.3 is 10.1 Å². The zero-order valence-electron chi connectivity index (χ0n) is 12.0. The zero-order chi connectivity index (χ0) is 12.5. The highest BCUT2D eigenvalue weighted by atomic mass is 16.5. The summed E-state index contributed by atoms with van der Waals surface area (Å²) in [4.78, 5) is 0. The van der Waals surface area contributed by atoms with Crippen LogP contribution >= 0.6 is 0 Å². The molecule has 3 atom stereocenters. The molecule has 0 aromatic rings. The average Bonchev–Trinajstić information content (AvgIpc) is 2.61. The minimum Gasteiger partial charge on any atom is -0.385 e. The minimum atomic E-state index is 0.527. The van der Waals surface area contributed by atoms with E-state index in [4.69, 9.17) is 4.74 Å². The van der Waals surface area contributed by atoms with Crippen molar-refractivity contribution in [3.63, 3.8) is 0 Å². The van der Waals surface area contributed by atoms with Gasteiger partial charge in [0, 0.05) is 19.8 Å². The Kier molecular flexibility index (Phi) is 3.84. The molecule has 2 rings (SSSR count). The largest absolute Gasteiger partial charge is 0.385 e. The first-order valence-corrected chi connectivity index (χ1v) is 7.24. The van der Waals surface area contributed by atoms with Crippen molar-refractivity contribution in [3.05, 3.63) is 0 Å². The molecule has 0 saturated heterocycles. The lowest BCUT2D eigenvalue weighted by atomic mass is 9.69. The fourth-order valence-electron chi connectivity index (χ4n) is 4.16. The van der Waals surface area contributed by atoms with E-state index in [1.54, 1.807) is 7.11 Å². The molecule has 17 heavy (non-hydrogen) atoms. The molecule has 3 unspecified atom stereocenters. The van der Waals surface area contributed by atoms with Crippen LogP contribution in [0.5, 0.6) is 0 Å². The fourth-order valence-corrected chi connectivity index (χ4v) is 4.16. The Hall–Kier alpha value is -0.0800. The Bertz CT molecular complexity index is 264. The Labute approximate surface area is 107 Å². The van der Waals surface area contributed by atoms with Gasteiger partial charge in [-0.15, -0.1) is 0 Å². The van der Waals surface area contributed by atoms with E-state index in [0.717, 1.165) is 25.1 Å². The van der Waals surface area contributed by atoms with E-state index >= 15 is 0 Å². The van der Waals surface area contributed by atoms with Gasteiger partial charge in [-0.3, -0.25) is 0 Å². The number of fused-ring (bicyclic) bond motifs is 2. The van der Waals surface area contributed by atoms with E-state index < -0.39 is 0 Å². The summed E-state index contributed by atoms with van der Waals surface area (Å²) in [6.07, 6.45) is 6.69. The van der Waals surface area contributed by atoms with Gasteiger partial charge in [-0.1, -0.05) is 20.8 Å². The number of hydrogen-bond donors (Lipinski definition) is 1. The number of rotatable bonds is 6. The molecule has 1 N–H and O–H groups in total. The van der Waals surface area contributed by atoms with Crippen molar-refractivity contribution >= 4 is 0 Å². The third-order valence-electron chi connectivity index (χ3n) is 5.96. The molecule has 2 fully saturated rings. The molecule has 2 saturated carbocycles. The maximum Gasteiger partial charge on any atom is 0.0462 e. The highest BCUT2D eigenvalue weighted by molar-refractivity contribution is 5.12. The van der Waals surface area contributed by atoms with Gasteiger partial charge in [0.15, 0.2) is 0 Å². The number of ether oxygens (including phenoxy) is 1. The van der Waals surface area contributed by atoms with E-state index in [0.29, 0.717) is 10.8 Å². The van der Waals surface area contributed by atoms with Crippen LogP contribution in [-0.2, 0) is 4.74 Å². The van der Waals surface area contributed by atoms with Gasteiger partial charge in [0.1, 0.15) is 0 Å². The SMILES string of the molecule is COCCCCNC1CC2CCC1(C)C2(C)C. The van der Waals surface area contributed by atoms with Crippen LogP contribution in [0.1, 0.15) is 52.9 Å². The maximum atomic E-state index is 5.09. The first-order chi connectivity index (χ1) is 8.02. The van der Waals surface area contributed by atoms with Crippen LogP contribution in [0.25, 0.3) is 0 Å². The van der Waals surface area contributed by atoms with E-state index in [9.17, 15) is 0 Å². The highest BCUT2D eigenvalue weighted by Gasteiger charge is 2.60. The first kappa shape index (κ1) is 13.4. The molecule has 2 aliphatic carbocycles. The predicted octanol–water partition coefficient (Wildman–Crippen LogP) is 3.22. The van der Waals surface area contributed by atoms with E-state index in [2.05, 4.69) is 26.1 Å². The summed E-state index contributed by atoms with van der Waals surface area (Å²) < 4.78 is 5.09. The monoisotopic (exact) mass is 239 g/mol. The van der Waals surface area contributed by atoms with Crippen LogP contribution in [-0.4, -0.2) is 26.3 Å². The van der Waals surface area contributed by atoms with Crippen molar-refractivity contribution in [2.75, 3.05) is 20.3 Å². The number of nitrogens with one attached hydrogen (secondary N) is 1. The molecule has 0 aromatic heterocycles. The van der Waals surface area contributed by atoms with Gasteiger partial charge in [0.25, 0.3) is 0 Å². The molecule has 0 amide bonds. The van der Waals surface area contributed by atoms with Crippen molar-refractivity contribution in [1.29, 1.82) is 0 Å². The van der Waals surface area contributed by atoms with Crippen molar-refractivity contribution in [2.45, 2.75) is 58.9 Å². The van der Waals surface area contributed by atoms with Crippen LogP contribution in [0.3, 0.4) is 0 Å². The third-order valence-corrected chi connectivity index (χ3v) is 5.96. The molecule has 0 radical (unpaired) electrons. The summed E-state index contributed by atoms with van der Waals surface area (Å²) in [5.41, 5.74) is 1.07. The van der Waals surface area contributed by atoms with Gasteiger partial charge in [0.05, 0.1) is 0 Å². The second-order valence-corrected chi connectivity index (χ2v) is 6.82. The van der Waals surface area contributed by atoms with E-state index in [-0.39, 0.29) is 0 Å². The van der Waals surface area contributed by atoms with Crippen LogP contribution in [0.4, 0.5) is 0 Å². The molecule has 0 spiro atoms. The normalized spacial score (nSPS) is 38.8. The zero-order valence-corrected chi connectivity index (χ0v) is 12.0. The number of methoxy groups -OCH3 is 1. The van der Waals surface area contributed by atoms with E-state index in [1.807, 2.05) is 0 Å². The number of hydrogen-bond acceptors (Lipinski definition) is 2. The molecule has 100 valence electrons. The average molecular weight is 239 g/mol. The molecular formula is C15H29NO. The van der Waals surface area contributed by atoms with Crippen molar-refractivity contribution in [2.24, 2.45) is 16.7 Å². The van der Waals surface area contributed by atoms with Gasteiger partial charge in [0.2, 0.25) is 0 Å². The van der Waals surface area contributed by atoms with Crippen molar-refractivity contribution in [1.82, 2.24) is 5.32 Å². The predicted molar refractivity (Wildman–Crippen MR) is 72.1 cm³/mol. The summed E-state index contributed by atoms with van der Waals surface area (Å²) in [7, 11) is 1.78. The minimum absolute atomic E-state index is 0.527. The Morgan fingerprint density at radius 2 is 2.00 bits per heavy atom. The second-order valence-electron chi connectivity index (χ2n) is 6.82. The fraction of sp³-hybridized carbons (Fsp3) is 1.00. The Morgan fingerprint density at radius 3 is 2.53 bits per heavy atom. The summed E-state index contributed by atoms with van der Waals surface area (Å²) in [6.45, 7) is 9.53. The molecule has 2 heteroatoms. The maximum absolute atomic E-state index is 5.09. The third kappa shape index (κ3) is 2.15. The lowest BCUT2D eigenvalue weighted by Gasteiger charge is -2.39. The smallest absolute Gasteiger partial charge is 0.0462 e. The second kappa shape index (κ2) is 4.89. The van der Waals surface area contributed by atoms with Crippen LogP contribution < -0.4 is 5.32 Å². The summed E-state index contributed by atoms with van der Waals surface area (Å²) in [6, 6.07) is 0.749. The van der Waals surface area contributed by atoms with Crippen molar-refractivity contribution < 1.29 is 4.74 Å². The van der Waals surface area contributed by atoms with Gasteiger partial charge in [-0.05, 0) is 55.4 Å². The molecular weight excluding hydrogens is 210 g/mol. The molecule has 2 bridgehead atoms. The van der Waals surface area contributed by atoms with Gasteiger partial charge in [-0.25, -0.2) is 0 Å². The molecule has 0 aromatic carbocycles. The molecule has 2 aliphatic rings. The standard InChI is InChI=1S/C15H29NO/c1-14(2)12-7-8-15(14,3)13(11-12)16-9-5-6-10-17-4/h12-13,16H,5-11H2,1-4H3. The molecule has 0 heterocycles. The molecule has 0 aliphatic heterocycles. The Balaban J connectivity index is 1.80. The van der Waals surface area contributed by atoms with Gasteiger partial charge in [-0.2, -0.15) is 0 Å². The van der Waals surface area contributed by atoms with Crippen LogP contribution in [0, 0.1) is 16.7 Å². The first-order valence-electron chi connectivity index (χ1n) is 7.24. The summed E-state index contributed by atoms with van der Waals surface area (Å²) in [5, 5.41) is 3.81.